The molecule has 1 atom stereocenters. The average Bonchev–Trinajstić information content (AvgIpc) is 2.97. The van der Waals surface area contributed by atoms with Crippen LogP contribution in [0.5, 0.6) is 5.75 Å². The third-order valence-electron chi connectivity index (χ3n) is 6.57. The molecule has 2 aliphatic rings. The first-order valence-electron chi connectivity index (χ1n) is 12.4. The molecule has 1 unspecified atom stereocenters. The maximum atomic E-state index is 13.6. The summed E-state index contributed by atoms with van der Waals surface area (Å²) in [5, 5.41) is 5.07. The lowest BCUT2D eigenvalue weighted by Gasteiger charge is -2.35. The van der Waals surface area contributed by atoms with Gasteiger partial charge >= 0.3 is 0 Å². The van der Waals surface area contributed by atoms with Crippen LogP contribution in [0, 0.1) is 12.8 Å². The van der Waals surface area contributed by atoms with Crippen LogP contribution < -0.4 is 4.74 Å². The number of amides is 1. The third kappa shape index (κ3) is 5.93. The second-order valence-corrected chi connectivity index (χ2v) is 10.3. The van der Waals surface area contributed by atoms with Gasteiger partial charge in [-0.2, -0.15) is 5.10 Å². The van der Waals surface area contributed by atoms with E-state index in [4.69, 9.17) is 21.1 Å². The van der Waals surface area contributed by atoms with E-state index in [2.05, 4.69) is 42.0 Å². The highest BCUT2D eigenvalue weighted by Gasteiger charge is 2.31. The Balaban J connectivity index is 1.46. The summed E-state index contributed by atoms with van der Waals surface area (Å²) in [4.78, 5) is 17.8. The Morgan fingerprint density at radius 3 is 2.85 bits per heavy atom. The van der Waals surface area contributed by atoms with Crippen LogP contribution in [0.15, 0.2) is 18.2 Å². The van der Waals surface area contributed by atoms with Gasteiger partial charge in [-0.3, -0.25) is 14.4 Å². The number of carbonyl (C=O) groups excluding carboxylic acids is 1. The zero-order valence-corrected chi connectivity index (χ0v) is 21.6. The van der Waals surface area contributed by atoms with E-state index in [-0.39, 0.29) is 5.91 Å². The number of carbonyl (C=O) groups is 1. The van der Waals surface area contributed by atoms with Gasteiger partial charge in [-0.1, -0.05) is 37.6 Å². The first-order valence-corrected chi connectivity index (χ1v) is 12.7. The molecule has 34 heavy (non-hydrogen) atoms. The Bertz CT molecular complexity index is 1010. The number of nitrogens with zero attached hydrogens (tertiary/aromatic N) is 4. The fourth-order valence-corrected chi connectivity index (χ4v) is 5.07. The van der Waals surface area contributed by atoms with Crippen molar-refractivity contribution in [2.75, 3.05) is 32.8 Å². The second-order valence-electron chi connectivity index (χ2n) is 9.93. The summed E-state index contributed by atoms with van der Waals surface area (Å²) < 4.78 is 13.5. The molecule has 1 amide bonds. The summed E-state index contributed by atoms with van der Waals surface area (Å²) in [7, 11) is 1.85. The number of halogens is 1. The third-order valence-corrected chi connectivity index (χ3v) is 7.04. The predicted octanol–water partition coefficient (Wildman–Crippen LogP) is 3.98. The maximum Gasteiger partial charge on any atom is 0.253 e. The van der Waals surface area contributed by atoms with Crippen LogP contribution in [0.2, 0.25) is 5.15 Å². The first-order chi connectivity index (χ1) is 16.3. The Kier molecular flexibility index (Phi) is 8.17. The van der Waals surface area contributed by atoms with Gasteiger partial charge in [0.2, 0.25) is 0 Å². The van der Waals surface area contributed by atoms with Crippen molar-refractivity contribution in [2.24, 2.45) is 13.0 Å². The molecule has 0 spiro atoms. The number of aromatic nitrogens is 2. The first kappa shape index (κ1) is 25.0. The van der Waals surface area contributed by atoms with E-state index < -0.39 is 6.10 Å². The molecule has 0 aliphatic carbocycles. The monoisotopic (exact) mass is 488 g/mol. The lowest BCUT2D eigenvalue weighted by Crippen LogP contribution is -2.51. The molecular formula is C26H37ClN4O3. The smallest absolute Gasteiger partial charge is 0.253 e. The minimum Gasteiger partial charge on any atom is -0.493 e. The van der Waals surface area contributed by atoms with Crippen LogP contribution in [0.1, 0.15) is 49.1 Å². The number of ether oxygens (including phenoxy) is 2. The molecule has 186 valence electrons. The van der Waals surface area contributed by atoms with Crippen LogP contribution in [-0.4, -0.2) is 64.4 Å². The molecule has 1 saturated heterocycles. The lowest BCUT2D eigenvalue weighted by molar-refractivity contribution is -0.151. The van der Waals surface area contributed by atoms with E-state index in [0.717, 1.165) is 55.0 Å². The molecule has 1 fully saturated rings. The summed E-state index contributed by atoms with van der Waals surface area (Å²) >= 11 is 6.45. The molecule has 0 bridgehead atoms. The number of rotatable bonds is 7. The molecule has 2 aliphatic heterocycles. The molecule has 0 N–H and O–H groups in total. The molecule has 2 aromatic rings. The van der Waals surface area contributed by atoms with Gasteiger partial charge < -0.3 is 14.4 Å². The highest BCUT2D eigenvalue weighted by atomic mass is 35.5. The van der Waals surface area contributed by atoms with Gasteiger partial charge in [0.25, 0.3) is 5.91 Å². The minimum absolute atomic E-state index is 0.0543. The van der Waals surface area contributed by atoms with Crippen molar-refractivity contribution in [1.29, 1.82) is 0 Å². The van der Waals surface area contributed by atoms with Crippen molar-refractivity contribution in [3.8, 4) is 5.75 Å². The molecule has 3 heterocycles. The summed E-state index contributed by atoms with van der Waals surface area (Å²) in [6, 6.07) is 6.36. The average molecular weight is 489 g/mol. The molecule has 8 heteroatoms. The van der Waals surface area contributed by atoms with Crippen molar-refractivity contribution < 1.29 is 14.3 Å². The molecule has 0 radical (unpaired) electrons. The Morgan fingerprint density at radius 1 is 1.29 bits per heavy atom. The fourth-order valence-electron chi connectivity index (χ4n) is 4.84. The number of hydrogen-bond donors (Lipinski definition) is 0. The van der Waals surface area contributed by atoms with Crippen molar-refractivity contribution in [2.45, 2.75) is 59.2 Å². The van der Waals surface area contributed by atoms with Crippen molar-refractivity contribution in [1.82, 2.24) is 19.6 Å². The largest absolute Gasteiger partial charge is 0.493 e. The van der Waals surface area contributed by atoms with Crippen molar-refractivity contribution in [3.05, 3.63) is 45.7 Å². The number of fused-ring (bicyclic) bond motifs is 1. The zero-order chi connectivity index (χ0) is 24.2. The zero-order valence-electron chi connectivity index (χ0n) is 20.8. The normalized spacial score (nSPS) is 18.9. The van der Waals surface area contributed by atoms with Crippen LogP contribution >= 0.6 is 11.6 Å². The van der Waals surface area contributed by atoms with Gasteiger partial charge in [0.1, 0.15) is 17.0 Å². The lowest BCUT2D eigenvalue weighted by atomic mass is 10.0. The van der Waals surface area contributed by atoms with Gasteiger partial charge in [0.15, 0.2) is 0 Å². The van der Waals surface area contributed by atoms with Gasteiger partial charge in [0.05, 0.1) is 18.9 Å². The van der Waals surface area contributed by atoms with Gasteiger partial charge in [-0.15, -0.1) is 0 Å². The number of aryl methyl sites for hydroxylation is 3. The number of morpholine rings is 1. The van der Waals surface area contributed by atoms with Crippen molar-refractivity contribution in [3.63, 3.8) is 0 Å². The fraction of sp³-hybridized carbons (Fsp3) is 0.615. The van der Waals surface area contributed by atoms with Crippen LogP contribution in [0.25, 0.3) is 0 Å². The van der Waals surface area contributed by atoms with Gasteiger partial charge in [0, 0.05) is 45.3 Å². The van der Waals surface area contributed by atoms with Crippen LogP contribution in [0.4, 0.5) is 0 Å². The molecule has 0 saturated carbocycles. The number of hydrogen-bond acceptors (Lipinski definition) is 5. The highest BCUT2D eigenvalue weighted by molar-refractivity contribution is 6.30. The standard InChI is InChI=1S/C26H37ClN4O3/c1-18(2)14-31(15-20-8-9-23-21(13-20)7-5-6-11-33-23)26(32)24-17-30(10-12-34-24)16-22-19(3)28-29(4)25(22)27/h8-9,13,18,24H,5-7,10-12,14-17H2,1-4H3. The van der Waals surface area contributed by atoms with E-state index in [1.807, 2.05) is 18.9 Å². The molecule has 4 rings (SSSR count). The summed E-state index contributed by atoms with van der Waals surface area (Å²) in [5.41, 5.74) is 4.33. The maximum absolute atomic E-state index is 13.6. The Labute approximate surface area is 207 Å². The van der Waals surface area contributed by atoms with E-state index in [1.165, 1.54) is 5.56 Å². The summed E-state index contributed by atoms with van der Waals surface area (Å²) in [6.07, 6.45) is 2.77. The quantitative estimate of drug-likeness (QED) is 0.590. The molecule has 1 aromatic carbocycles. The highest BCUT2D eigenvalue weighted by Crippen LogP contribution is 2.27. The van der Waals surface area contributed by atoms with E-state index in [0.29, 0.717) is 43.9 Å². The van der Waals surface area contributed by atoms with Gasteiger partial charge in [-0.05, 0) is 49.3 Å². The van der Waals surface area contributed by atoms with Crippen LogP contribution in [-0.2, 0) is 36.1 Å². The van der Waals surface area contributed by atoms with Crippen molar-refractivity contribution >= 4 is 17.5 Å². The topological polar surface area (TPSA) is 59.8 Å². The Hall–Kier alpha value is -2.09. The summed E-state index contributed by atoms with van der Waals surface area (Å²) in [6.45, 7) is 10.8. The van der Waals surface area contributed by atoms with Crippen LogP contribution in [0.3, 0.4) is 0 Å². The van der Waals surface area contributed by atoms with E-state index >= 15 is 0 Å². The number of benzene rings is 1. The van der Waals surface area contributed by atoms with E-state index in [9.17, 15) is 4.79 Å². The van der Waals surface area contributed by atoms with E-state index in [1.54, 1.807) is 4.68 Å². The molecule has 7 nitrogen and oxygen atoms in total. The molecule has 1 aromatic heterocycles. The Morgan fingerprint density at radius 2 is 2.12 bits per heavy atom. The molecular weight excluding hydrogens is 452 g/mol. The SMILES string of the molecule is Cc1nn(C)c(Cl)c1CN1CCOC(C(=O)N(Cc2ccc3c(c2)CCCCO3)CC(C)C)C1. The second kappa shape index (κ2) is 11.1. The minimum atomic E-state index is -0.479. The van der Waals surface area contributed by atoms with Gasteiger partial charge in [-0.25, -0.2) is 0 Å². The summed E-state index contributed by atoms with van der Waals surface area (Å²) in [5.74, 6) is 1.40. The predicted molar refractivity (Wildman–Crippen MR) is 133 cm³/mol.